The van der Waals surface area contributed by atoms with Crippen LogP contribution < -0.4 is 5.32 Å². The molecule has 0 aromatic heterocycles. The van der Waals surface area contributed by atoms with Gasteiger partial charge in [0.15, 0.2) is 0 Å². The molecule has 1 N–H and O–H groups in total. The van der Waals surface area contributed by atoms with Gasteiger partial charge in [-0.2, -0.15) is 0 Å². The molecular weight excluding hydrogens is 238 g/mol. The summed E-state index contributed by atoms with van der Waals surface area (Å²) >= 11 is 0. The van der Waals surface area contributed by atoms with Gasteiger partial charge in [-0.3, -0.25) is 4.79 Å². The number of benzene rings is 1. The molecular formula is C16H25NO2. The van der Waals surface area contributed by atoms with Crippen LogP contribution >= 0.6 is 0 Å². The van der Waals surface area contributed by atoms with E-state index in [1.54, 1.807) is 0 Å². The van der Waals surface area contributed by atoms with E-state index in [2.05, 4.69) is 50.4 Å². The summed E-state index contributed by atoms with van der Waals surface area (Å²) in [6.07, 6.45) is 0. The first-order valence-electron chi connectivity index (χ1n) is 6.84. The first-order chi connectivity index (χ1) is 8.84. The molecule has 0 heterocycles. The fourth-order valence-corrected chi connectivity index (χ4v) is 1.84. The van der Waals surface area contributed by atoms with Gasteiger partial charge in [0.05, 0.1) is 13.2 Å². The van der Waals surface area contributed by atoms with Gasteiger partial charge in [-0.25, -0.2) is 0 Å². The van der Waals surface area contributed by atoms with Gasteiger partial charge in [-0.1, -0.05) is 45.0 Å². The van der Waals surface area contributed by atoms with E-state index in [-0.39, 0.29) is 24.0 Å². The van der Waals surface area contributed by atoms with Crippen LogP contribution in [0.5, 0.6) is 0 Å². The Morgan fingerprint density at radius 2 is 1.84 bits per heavy atom. The van der Waals surface area contributed by atoms with E-state index in [9.17, 15) is 4.79 Å². The minimum Gasteiger partial charge on any atom is -0.465 e. The molecule has 3 nitrogen and oxygen atoms in total. The maximum Gasteiger partial charge on any atom is 0.319 e. The molecule has 1 aromatic carbocycles. The molecule has 0 amide bonds. The van der Waals surface area contributed by atoms with Gasteiger partial charge in [-0.15, -0.1) is 0 Å². The molecule has 106 valence electrons. The maximum atomic E-state index is 11.3. The Kier molecular flexibility index (Phi) is 5.55. The largest absolute Gasteiger partial charge is 0.465 e. The lowest BCUT2D eigenvalue weighted by molar-refractivity contribution is -0.142. The summed E-state index contributed by atoms with van der Waals surface area (Å²) in [5.74, 6) is -0.208. The average molecular weight is 263 g/mol. The van der Waals surface area contributed by atoms with Crippen molar-refractivity contribution in [2.45, 2.75) is 46.1 Å². The Bertz CT molecular complexity index is 404. The summed E-state index contributed by atoms with van der Waals surface area (Å²) in [5.41, 5.74) is 2.66. The first kappa shape index (κ1) is 15.7. The number of esters is 1. The normalized spacial score (nSPS) is 13.1. The molecule has 0 spiro atoms. The van der Waals surface area contributed by atoms with E-state index in [1.807, 2.05) is 13.8 Å². The van der Waals surface area contributed by atoms with Crippen LogP contribution in [0, 0.1) is 0 Å². The van der Waals surface area contributed by atoms with E-state index in [0.29, 0.717) is 6.61 Å². The van der Waals surface area contributed by atoms with Gasteiger partial charge in [-0.05, 0) is 30.4 Å². The van der Waals surface area contributed by atoms with E-state index in [1.165, 1.54) is 11.1 Å². The highest BCUT2D eigenvalue weighted by atomic mass is 16.5. The second kappa shape index (κ2) is 6.71. The van der Waals surface area contributed by atoms with Crippen molar-refractivity contribution in [2.24, 2.45) is 0 Å². The van der Waals surface area contributed by atoms with Crippen molar-refractivity contribution in [1.29, 1.82) is 0 Å². The fourth-order valence-electron chi connectivity index (χ4n) is 1.84. The van der Waals surface area contributed by atoms with Crippen LogP contribution in [-0.2, 0) is 14.9 Å². The number of carbonyl (C=O) groups is 1. The SMILES string of the molecule is CCOC(=O)CNC(C)c1ccc(C(C)(C)C)cc1. The Morgan fingerprint density at radius 1 is 1.26 bits per heavy atom. The predicted molar refractivity (Wildman–Crippen MR) is 78.2 cm³/mol. The first-order valence-corrected chi connectivity index (χ1v) is 6.84. The third-order valence-electron chi connectivity index (χ3n) is 3.13. The van der Waals surface area contributed by atoms with E-state index in [4.69, 9.17) is 4.74 Å². The second-order valence-electron chi connectivity index (χ2n) is 5.78. The highest BCUT2D eigenvalue weighted by Crippen LogP contribution is 2.23. The molecule has 0 saturated carbocycles. The molecule has 3 heteroatoms. The lowest BCUT2D eigenvalue weighted by Gasteiger charge is -2.20. The van der Waals surface area contributed by atoms with Crippen LogP contribution in [0.1, 0.15) is 51.8 Å². The average Bonchev–Trinajstić information content (AvgIpc) is 2.35. The Labute approximate surface area is 116 Å². The molecule has 0 aliphatic heterocycles. The van der Waals surface area contributed by atoms with Crippen molar-refractivity contribution in [3.05, 3.63) is 35.4 Å². The predicted octanol–water partition coefficient (Wildman–Crippen LogP) is 3.20. The van der Waals surface area contributed by atoms with Crippen molar-refractivity contribution >= 4 is 5.97 Å². The Hall–Kier alpha value is -1.35. The van der Waals surface area contributed by atoms with Crippen molar-refractivity contribution in [2.75, 3.05) is 13.2 Å². The third kappa shape index (κ3) is 5.03. The number of ether oxygens (including phenoxy) is 1. The molecule has 19 heavy (non-hydrogen) atoms. The monoisotopic (exact) mass is 263 g/mol. The van der Waals surface area contributed by atoms with Crippen LogP contribution in [0.3, 0.4) is 0 Å². The van der Waals surface area contributed by atoms with Crippen molar-refractivity contribution < 1.29 is 9.53 Å². The van der Waals surface area contributed by atoms with Crippen molar-refractivity contribution in [3.8, 4) is 0 Å². The third-order valence-corrected chi connectivity index (χ3v) is 3.13. The molecule has 0 aliphatic carbocycles. The van der Waals surface area contributed by atoms with Gasteiger partial charge in [0, 0.05) is 6.04 Å². The number of hydrogen-bond acceptors (Lipinski definition) is 3. The minimum absolute atomic E-state index is 0.137. The van der Waals surface area contributed by atoms with Crippen molar-refractivity contribution in [3.63, 3.8) is 0 Å². The molecule has 0 radical (unpaired) electrons. The number of rotatable bonds is 5. The van der Waals surface area contributed by atoms with Gasteiger partial charge in [0.1, 0.15) is 0 Å². The van der Waals surface area contributed by atoms with E-state index < -0.39 is 0 Å². The minimum atomic E-state index is -0.208. The van der Waals surface area contributed by atoms with Crippen LogP contribution in [0.25, 0.3) is 0 Å². The van der Waals surface area contributed by atoms with Gasteiger partial charge in [0.25, 0.3) is 0 Å². The molecule has 1 unspecified atom stereocenters. The van der Waals surface area contributed by atoms with Crippen LogP contribution in [-0.4, -0.2) is 19.1 Å². The smallest absolute Gasteiger partial charge is 0.319 e. The molecule has 1 rings (SSSR count). The zero-order chi connectivity index (χ0) is 14.5. The fraction of sp³-hybridized carbons (Fsp3) is 0.562. The highest BCUT2D eigenvalue weighted by Gasteiger charge is 2.14. The number of nitrogens with one attached hydrogen (secondary N) is 1. The summed E-state index contributed by atoms with van der Waals surface area (Å²) in [6.45, 7) is 11.1. The van der Waals surface area contributed by atoms with E-state index >= 15 is 0 Å². The van der Waals surface area contributed by atoms with Crippen molar-refractivity contribution in [1.82, 2.24) is 5.32 Å². The second-order valence-corrected chi connectivity index (χ2v) is 5.78. The standard InChI is InChI=1S/C16H25NO2/c1-6-19-15(18)11-17-12(2)13-7-9-14(10-8-13)16(3,4)5/h7-10,12,17H,6,11H2,1-5H3. The van der Waals surface area contributed by atoms with Crippen LogP contribution in [0.15, 0.2) is 24.3 Å². The molecule has 0 bridgehead atoms. The summed E-state index contributed by atoms with van der Waals surface area (Å²) in [5, 5.41) is 3.17. The zero-order valence-corrected chi connectivity index (χ0v) is 12.6. The van der Waals surface area contributed by atoms with Gasteiger partial charge < -0.3 is 10.1 Å². The van der Waals surface area contributed by atoms with E-state index in [0.717, 1.165) is 0 Å². The summed E-state index contributed by atoms with van der Waals surface area (Å²) in [4.78, 5) is 11.3. The number of carbonyl (C=O) groups excluding carboxylic acids is 1. The molecule has 0 aliphatic rings. The number of hydrogen-bond donors (Lipinski definition) is 1. The maximum absolute atomic E-state index is 11.3. The van der Waals surface area contributed by atoms with Crippen LogP contribution in [0.2, 0.25) is 0 Å². The Morgan fingerprint density at radius 3 is 2.32 bits per heavy atom. The quantitative estimate of drug-likeness (QED) is 0.829. The Balaban J connectivity index is 2.58. The molecule has 1 atom stereocenters. The molecule has 0 saturated heterocycles. The lowest BCUT2D eigenvalue weighted by atomic mass is 9.86. The summed E-state index contributed by atoms with van der Waals surface area (Å²) < 4.78 is 4.89. The zero-order valence-electron chi connectivity index (χ0n) is 12.6. The van der Waals surface area contributed by atoms with Gasteiger partial charge >= 0.3 is 5.97 Å². The summed E-state index contributed by atoms with van der Waals surface area (Å²) in [6, 6.07) is 8.67. The summed E-state index contributed by atoms with van der Waals surface area (Å²) in [7, 11) is 0. The van der Waals surface area contributed by atoms with Gasteiger partial charge in [0.2, 0.25) is 0 Å². The highest BCUT2D eigenvalue weighted by molar-refractivity contribution is 5.71. The lowest BCUT2D eigenvalue weighted by Crippen LogP contribution is -2.27. The topological polar surface area (TPSA) is 38.3 Å². The van der Waals surface area contributed by atoms with Crippen LogP contribution in [0.4, 0.5) is 0 Å². The molecule has 0 fully saturated rings. The molecule has 1 aromatic rings.